The number of hydrogen-bond acceptors (Lipinski definition) is 2. The zero-order valence-electron chi connectivity index (χ0n) is 7.57. The molecule has 0 aromatic heterocycles. The van der Waals surface area contributed by atoms with Gasteiger partial charge in [0.05, 0.1) is 0 Å². The normalized spacial score (nSPS) is 13.5. The van der Waals surface area contributed by atoms with E-state index in [-0.39, 0.29) is 5.56 Å². The Kier molecular flexibility index (Phi) is 3.28. The van der Waals surface area contributed by atoms with Gasteiger partial charge in [0.15, 0.2) is 0 Å². The van der Waals surface area contributed by atoms with Crippen molar-refractivity contribution in [1.82, 2.24) is 0 Å². The number of rotatable bonds is 3. The number of benzene rings is 1. The molecule has 1 unspecified atom stereocenters. The molecule has 1 aromatic rings. The fourth-order valence-corrected chi connectivity index (χ4v) is 1.21. The second-order valence-electron chi connectivity index (χ2n) is 3.03. The molecule has 1 aromatic carbocycles. The van der Waals surface area contributed by atoms with Crippen molar-refractivity contribution < 1.29 is 18.1 Å². The standard InChI is InChI=1S/C9H8F3NO2/c10-9(11,12)6-8(13(14)15)7-4-2-1-3-5-7/h1-5,8H,6H2. The SMILES string of the molecule is O=[N+]([O-])C(CC(F)(F)F)c1ccccc1. The highest BCUT2D eigenvalue weighted by atomic mass is 19.4. The van der Waals surface area contributed by atoms with Crippen LogP contribution in [-0.2, 0) is 0 Å². The summed E-state index contributed by atoms with van der Waals surface area (Å²) in [4.78, 5) is 9.57. The van der Waals surface area contributed by atoms with Gasteiger partial charge in [-0.25, -0.2) is 0 Å². The van der Waals surface area contributed by atoms with E-state index in [1.807, 2.05) is 0 Å². The van der Waals surface area contributed by atoms with Crippen LogP contribution < -0.4 is 0 Å². The minimum atomic E-state index is -4.53. The summed E-state index contributed by atoms with van der Waals surface area (Å²) in [6, 6.07) is 5.46. The monoisotopic (exact) mass is 219 g/mol. The second kappa shape index (κ2) is 4.29. The lowest BCUT2D eigenvalue weighted by atomic mass is 10.0. The van der Waals surface area contributed by atoms with Crippen molar-refractivity contribution in [2.24, 2.45) is 0 Å². The highest BCUT2D eigenvalue weighted by Crippen LogP contribution is 2.31. The van der Waals surface area contributed by atoms with Crippen LogP contribution in [0.25, 0.3) is 0 Å². The molecule has 0 fully saturated rings. The number of halogens is 3. The van der Waals surface area contributed by atoms with Crippen LogP contribution in [0.1, 0.15) is 18.0 Å². The summed E-state index contributed by atoms with van der Waals surface area (Å²) >= 11 is 0. The third-order valence-corrected chi connectivity index (χ3v) is 1.86. The maximum absolute atomic E-state index is 12.0. The van der Waals surface area contributed by atoms with E-state index in [9.17, 15) is 23.3 Å². The predicted octanol–water partition coefficient (Wildman–Crippen LogP) is 2.96. The Morgan fingerprint density at radius 3 is 2.20 bits per heavy atom. The van der Waals surface area contributed by atoms with Crippen LogP contribution in [0.15, 0.2) is 30.3 Å². The third-order valence-electron chi connectivity index (χ3n) is 1.86. The van der Waals surface area contributed by atoms with Crippen LogP contribution in [0.5, 0.6) is 0 Å². The molecule has 0 radical (unpaired) electrons. The summed E-state index contributed by atoms with van der Waals surface area (Å²) in [5, 5.41) is 10.5. The van der Waals surface area contributed by atoms with E-state index in [1.54, 1.807) is 6.07 Å². The van der Waals surface area contributed by atoms with Gasteiger partial charge in [0, 0.05) is 10.5 Å². The van der Waals surface area contributed by atoms with Gasteiger partial charge in [0.2, 0.25) is 6.04 Å². The molecule has 0 saturated heterocycles. The van der Waals surface area contributed by atoms with Gasteiger partial charge in [-0.3, -0.25) is 10.1 Å². The van der Waals surface area contributed by atoms with Crippen molar-refractivity contribution in [3.8, 4) is 0 Å². The lowest BCUT2D eigenvalue weighted by Crippen LogP contribution is -2.19. The van der Waals surface area contributed by atoms with Gasteiger partial charge in [-0.15, -0.1) is 0 Å². The number of nitro groups is 1. The predicted molar refractivity (Wildman–Crippen MR) is 46.8 cm³/mol. The summed E-state index contributed by atoms with van der Waals surface area (Å²) in [5.74, 6) is 0. The molecule has 0 spiro atoms. The molecule has 3 nitrogen and oxygen atoms in total. The van der Waals surface area contributed by atoms with Gasteiger partial charge in [-0.05, 0) is 0 Å². The summed E-state index contributed by atoms with van der Waals surface area (Å²) in [7, 11) is 0. The third kappa shape index (κ3) is 3.57. The van der Waals surface area contributed by atoms with Crippen molar-refractivity contribution >= 4 is 0 Å². The molecule has 0 aliphatic rings. The number of nitrogens with zero attached hydrogens (tertiary/aromatic N) is 1. The van der Waals surface area contributed by atoms with Crippen molar-refractivity contribution in [3.63, 3.8) is 0 Å². The van der Waals surface area contributed by atoms with Crippen molar-refractivity contribution in [3.05, 3.63) is 46.0 Å². The highest BCUT2D eigenvalue weighted by molar-refractivity contribution is 5.17. The number of alkyl halides is 3. The molecule has 0 bridgehead atoms. The fourth-order valence-electron chi connectivity index (χ4n) is 1.21. The molecular weight excluding hydrogens is 211 g/mol. The first-order chi connectivity index (χ1) is 6.90. The molecule has 82 valence electrons. The van der Waals surface area contributed by atoms with Gasteiger partial charge < -0.3 is 0 Å². The minimum Gasteiger partial charge on any atom is -0.264 e. The Bertz CT molecular complexity index is 337. The largest absolute Gasteiger partial charge is 0.396 e. The van der Waals surface area contributed by atoms with Crippen LogP contribution in [0.3, 0.4) is 0 Å². The van der Waals surface area contributed by atoms with Gasteiger partial charge in [-0.1, -0.05) is 30.3 Å². The second-order valence-corrected chi connectivity index (χ2v) is 3.03. The van der Waals surface area contributed by atoms with Crippen molar-refractivity contribution in [2.45, 2.75) is 18.6 Å². The fraction of sp³-hybridized carbons (Fsp3) is 0.333. The summed E-state index contributed by atoms with van der Waals surface area (Å²) in [6.45, 7) is 0. The average molecular weight is 219 g/mol. The molecular formula is C9H8F3NO2. The molecule has 0 aliphatic carbocycles. The maximum atomic E-state index is 12.0. The molecule has 6 heteroatoms. The lowest BCUT2D eigenvalue weighted by Gasteiger charge is -2.11. The Balaban J connectivity index is 2.90. The summed E-state index contributed by atoms with van der Waals surface area (Å²) in [6.07, 6.45) is -5.97. The Morgan fingerprint density at radius 2 is 1.80 bits per heavy atom. The summed E-state index contributed by atoms with van der Waals surface area (Å²) in [5.41, 5.74) is 0.0693. The van der Waals surface area contributed by atoms with E-state index in [1.165, 1.54) is 24.3 Å². The first-order valence-corrected chi connectivity index (χ1v) is 4.15. The van der Waals surface area contributed by atoms with Gasteiger partial charge in [-0.2, -0.15) is 13.2 Å². The smallest absolute Gasteiger partial charge is 0.264 e. The van der Waals surface area contributed by atoms with Gasteiger partial charge in [0.1, 0.15) is 6.42 Å². The zero-order chi connectivity index (χ0) is 11.5. The summed E-state index contributed by atoms with van der Waals surface area (Å²) < 4.78 is 36.1. The van der Waals surface area contributed by atoms with Crippen molar-refractivity contribution in [1.29, 1.82) is 0 Å². The van der Waals surface area contributed by atoms with E-state index < -0.39 is 23.6 Å². The Labute approximate surface area is 83.7 Å². The van der Waals surface area contributed by atoms with Crippen LogP contribution in [-0.4, -0.2) is 11.1 Å². The quantitative estimate of drug-likeness (QED) is 0.579. The van der Waals surface area contributed by atoms with Crippen LogP contribution in [0.2, 0.25) is 0 Å². The van der Waals surface area contributed by atoms with E-state index in [2.05, 4.69) is 0 Å². The molecule has 1 rings (SSSR count). The van der Waals surface area contributed by atoms with Crippen LogP contribution >= 0.6 is 0 Å². The van der Waals surface area contributed by atoms with E-state index >= 15 is 0 Å². The van der Waals surface area contributed by atoms with Gasteiger partial charge in [0.25, 0.3) is 0 Å². The van der Waals surface area contributed by atoms with Crippen LogP contribution in [0, 0.1) is 10.1 Å². The lowest BCUT2D eigenvalue weighted by molar-refractivity contribution is -0.536. The molecule has 1 atom stereocenters. The van der Waals surface area contributed by atoms with Gasteiger partial charge >= 0.3 is 6.18 Å². The van der Waals surface area contributed by atoms with E-state index in [4.69, 9.17) is 0 Å². The van der Waals surface area contributed by atoms with E-state index in [0.717, 1.165) is 0 Å². The number of hydrogen-bond donors (Lipinski definition) is 0. The Morgan fingerprint density at radius 1 is 1.27 bits per heavy atom. The Hall–Kier alpha value is -1.59. The molecule has 0 saturated carbocycles. The van der Waals surface area contributed by atoms with Crippen LogP contribution in [0.4, 0.5) is 13.2 Å². The molecule has 0 N–H and O–H groups in total. The highest BCUT2D eigenvalue weighted by Gasteiger charge is 2.38. The molecule has 0 amide bonds. The topological polar surface area (TPSA) is 43.1 Å². The maximum Gasteiger partial charge on any atom is 0.396 e. The average Bonchev–Trinajstić information content (AvgIpc) is 2.14. The zero-order valence-corrected chi connectivity index (χ0v) is 7.57. The molecule has 0 aliphatic heterocycles. The van der Waals surface area contributed by atoms with E-state index in [0.29, 0.717) is 0 Å². The molecule has 15 heavy (non-hydrogen) atoms. The first-order valence-electron chi connectivity index (χ1n) is 4.15. The first kappa shape index (κ1) is 11.5. The molecule has 0 heterocycles. The van der Waals surface area contributed by atoms with Crippen molar-refractivity contribution in [2.75, 3.05) is 0 Å². The minimum absolute atomic E-state index is 0.0693.